The minimum absolute atomic E-state index is 0.0766. The van der Waals surface area contributed by atoms with Crippen LogP contribution in [0.2, 0.25) is 0 Å². The molecule has 2 aromatic rings. The zero-order valence-electron chi connectivity index (χ0n) is 17.9. The van der Waals surface area contributed by atoms with Gasteiger partial charge in [0.05, 0.1) is 5.75 Å². The van der Waals surface area contributed by atoms with E-state index in [1.165, 1.54) is 31.0 Å². The highest BCUT2D eigenvalue weighted by Crippen LogP contribution is 2.25. The average Bonchev–Trinajstić information content (AvgIpc) is 3.09. The number of nitrogens with one attached hydrogen (secondary N) is 1. The van der Waals surface area contributed by atoms with Crippen LogP contribution in [-0.2, 0) is 17.9 Å². The first-order valence-electron chi connectivity index (χ1n) is 10.5. The molecular weight excluding hydrogens is 384 g/mol. The van der Waals surface area contributed by atoms with Crippen LogP contribution in [0.1, 0.15) is 56.5 Å². The predicted octanol–water partition coefficient (Wildman–Crippen LogP) is 4.28. The average molecular weight is 417 g/mol. The molecule has 7 heteroatoms. The Labute approximate surface area is 177 Å². The lowest BCUT2D eigenvalue weighted by molar-refractivity contribution is -0.119. The van der Waals surface area contributed by atoms with Gasteiger partial charge in [-0.05, 0) is 50.7 Å². The molecule has 0 saturated heterocycles. The van der Waals surface area contributed by atoms with E-state index in [1.54, 1.807) is 0 Å². The first-order valence-corrected chi connectivity index (χ1v) is 11.5. The minimum Gasteiger partial charge on any atom is -0.485 e. The third-order valence-corrected chi connectivity index (χ3v) is 6.62. The summed E-state index contributed by atoms with van der Waals surface area (Å²) >= 11 is 1.44. The summed E-state index contributed by atoms with van der Waals surface area (Å²) in [6.07, 6.45) is 4.76. The summed E-state index contributed by atoms with van der Waals surface area (Å²) in [5.74, 6) is 2.67. The molecule has 1 aromatic heterocycles. The van der Waals surface area contributed by atoms with Gasteiger partial charge in [0.1, 0.15) is 12.4 Å². The maximum absolute atomic E-state index is 12.4. The fraction of sp³-hybridized carbons (Fsp3) is 0.591. The number of amides is 1. The van der Waals surface area contributed by atoms with E-state index in [-0.39, 0.29) is 5.91 Å². The van der Waals surface area contributed by atoms with Crippen molar-refractivity contribution in [2.24, 2.45) is 5.92 Å². The molecule has 1 N–H and O–H groups in total. The topological polar surface area (TPSA) is 69.0 Å². The zero-order valence-corrected chi connectivity index (χ0v) is 18.7. The second kappa shape index (κ2) is 10.1. The Balaban J connectivity index is 1.57. The number of rotatable bonds is 8. The smallest absolute Gasteiger partial charge is 0.230 e. The Bertz CT molecular complexity index is 816. The van der Waals surface area contributed by atoms with Crippen molar-refractivity contribution in [1.82, 2.24) is 20.1 Å². The Kier molecular flexibility index (Phi) is 7.58. The van der Waals surface area contributed by atoms with E-state index in [1.807, 2.05) is 36.6 Å². The van der Waals surface area contributed by atoms with Gasteiger partial charge in [-0.3, -0.25) is 4.79 Å². The van der Waals surface area contributed by atoms with Gasteiger partial charge in [-0.2, -0.15) is 0 Å². The summed E-state index contributed by atoms with van der Waals surface area (Å²) in [7, 11) is 0. The first kappa shape index (κ1) is 21.7. The quantitative estimate of drug-likeness (QED) is 0.651. The molecule has 1 aliphatic carbocycles. The number of aromatic nitrogens is 3. The molecule has 1 aliphatic rings. The van der Waals surface area contributed by atoms with E-state index < -0.39 is 0 Å². The SMILES string of the molecule is CCn1c(COc2c(C)cccc2C)nnc1SCC(=O)N[C@H]1CCCC[C@@H]1C. The maximum Gasteiger partial charge on any atom is 0.230 e. The number of aryl methyl sites for hydroxylation is 2. The van der Waals surface area contributed by atoms with Gasteiger partial charge in [0.25, 0.3) is 0 Å². The van der Waals surface area contributed by atoms with Crippen LogP contribution >= 0.6 is 11.8 Å². The summed E-state index contributed by atoms with van der Waals surface area (Å²) in [6.45, 7) is 9.47. The lowest BCUT2D eigenvalue weighted by Crippen LogP contribution is -2.41. The van der Waals surface area contributed by atoms with E-state index in [4.69, 9.17) is 4.74 Å². The highest BCUT2D eigenvalue weighted by atomic mass is 32.2. The summed E-state index contributed by atoms with van der Waals surface area (Å²) in [5.41, 5.74) is 2.21. The van der Waals surface area contributed by atoms with Crippen molar-refractivity contribution >= 4 is 17.7 Å². The second-order valence-corrected chi connectivity index (χ2v) is 8.82. The van der Waals surface area contributed by atoms with Crippen LogP contribution in [0.15, 0.2) is 23.4 Å². The molecule has 0 unspecified atom stereocenters. The standard InChI is InChI=1S/C22H32N4O2S/c1-5-26-19(13-28-21-16(3)10-8-11-17(21)4)24-25-22(26)29-14-20(27)23-18-12-7-6-9-15(18)2/h8,10-11,15,18H,5-7,9,12-14H2,1-4H3,(H,23,27)/t15-,18-/m0/s1. The summed E-state index contributed by atoms with van der Waals surface area (Å²) in [6, 6.07) is 6.42. The fourth-order valence-electron chi connectivity index (χ4n) is 3.92. The molecule has 0 spiro atoms. The highest BCUT2D eigenvalue weighted by Gasteiger charge is 2.23. The first-order chi connectivity index (χ1) is 14.0. The number of para-hydroxylation sites is 1. The van der Waals surface area contributed by atoms with Crippen LogP contribution in [0, 0.1) is 19.8 Å². The van der Waals surface area contributed by atoms with Gasteiger partial charge in [0.15, 0.2) is 11.0 Å². The van der Waals surface area contributed by atoms with Gasteiger partial charge in [0, 0.05) is 12.6 Å². The molecule has 2 atom stereocenters. The van der Waals surface area contributed by atoms with Crippen LogP contribution in [0.3, 0.4) is 0 Å². The number of carbonyl (C=O) groups excluding carboxylic acids is 1. The van der Waals surface area contributed by atoms with Crippen LogP contribution < -0.4 is 10.1 Å². The third-order valence-electron chi connectivity index (χ3n) is 5.65. The van der Waals surface area contributed by atoms with E-state index >= 15 is 0 Å². The molecule has 1 amide bonds. The van der Waals surface area contributed by atoms with Gasteiger partial charge in [-0.15, -0.1) is 10.2 Å². The largest absolute Gasteiger partial charge is 0.485 e. The number of nitrogens with zero attached hydrogens (tertiary/aromatic N) is 3. The van der Waals surface area contributed by atoms with Gasteiger partial charge in [-0.25, -0.2) is 0 Å². The van der Waals surface area contributed by atoms with Crippen molar-refractivity contribution in [3.8, 4) is 5.75 Å². The molecule has 1 saturated carbocycles. The molecule has 0 aliphatic heterocycles. The number of ether oxygens (including phenoxy) is 1. The van der Waals surface area contributed by atoms with Gasteiger partial charge < -0.3 is 14.6 Å². The molecule has 1 aromatic carbocycles. The van der Waals surface area contributed by atoms with Crippen LogP contribution in [0.4, 0.5) is 0 Å². The lowest BCUT2D eigenvalue weighted by atomic mass is 9.86. The molecule has 0 radical (unpaired) electrons. The zero-order chi connectivity index (χ0) is 20.8. The molecule has 3 rings (SSSR count). The van der Waals surface area contributed by atoms with Gasteiger partial charge >= 0.3 is 0 Å². The number of thioether (sulfide) groups is 1. The van der Waals surface area contributed by atoms with Crippen molar-refractivity contribution in [2.45, 2.75) is 77.7 Å². The Morgan fingerprint density at radius 1 is 1.24 bits per heavy atom. The Morgan fingerprint density at radius 2 is 1.97 bits per heavy atom. The van der Waals surface area contributed by atoms with Crippen LogP contribution in [-0.4, -0.2) is 32.5 Å². The van der Waals surface area contributed by atoms with Crippen LogP contribution in [0.5, 0.6) is 5.75 Å². The highest BCUT2D eigenvalue weighted by molar-refractivity contribution is 7.99. The molecule has 158 valence electrons. The van der Waals surface area contributed by atoms with E-state index in [2.05, 4.69) is 29.4 Å². The lowest BCUT2D eigenvalue weighted by Gasteiger charge is -2.29. The van der Waals surface area contributed by atoms with Crippen molar-refractivity contribution in [2.75, 3.05) is 5.75 Å². The van der Waals surface area contributed by atoms with Crippen molar-refractivity contribution in [3.05, 3.63) is 35.2 Å². The minimum atomic E-state index is 0.0766. The molecule has 1 heterocycles. The predicted molar refractivity (Wildman–Crippen MR) is 116 cm³/mol. The summed E-state index contributed by atoms with van der Waals surface area (Å²) < 4.78 is 8.06. The van der Waals surface area contributed by atoms with Gasteiger partial charge in [-0.1, -0.05) is 49.7 Å². The van der Waals surface area contributed by atoms with Gasteiger partial charge in [0.2, 0.25) is 5.91 Å². The number of hydrogen-bond donors (Lipinski definition) is 1. The number of hydrogen-bond acceptors (Lipinski definition) is 5. The van der Waals surface area contributed by atoms with E-state index in [0.29, 0.717) is 24.3 Å². The van der Waals surface area contributed by atoms with Crippen molar-refractivity contribution in [1.29, 1.82) is 0 Å². The maximum atomic E-state index is 12.4. The molecule has 0 bridgehead atoms. The fourth-order valence-corrected chi connectivity index (χ4v) is 4.76. The van der Waals surface area contributed by atoms with E-state index in [9.17, 15) is 4.79 Å². The summed E-state index contributed by atoms with van der Waals surface area (Å²) in [4.78, 5) is 12.4. The van der Waals surface area contributed by atoms with Crippen LogP contribution in [0.25, 0.3) is 0 Å². The molecular formula is C22H32N4O2S. The summed E-state index contributed by atoms with van der Waals surface area (Å²) in [5, 5.41) is 12.6. The van der Waals surface area contributed by atoms with E-state index in [0.717, 1.165) is 40.8 Å². The molecule has 1 fully saturated rings. The van der Waals surface area contributed by atoms with Crippen molar-refractivity contribution < 1.29 is 9.53 Å². The number of carbonyl (C=O) groups is 1. The van der Waals surface area contributed by atoms with Crippen molar-refractivity contribution in [3.63, 3.8) is 0 Å². The second-order valence-electron chi connectivity index (χ2n) is 7.88. The number of benzene rings is 1. The third kappa shape index (κ3) is 5.53. The normalized spacial score (nSPS) is 19.2. The Morgan fingerprint density at radius 3 is 2.66 bits per heavy atom. The molecule has 29 heavy (non-hydrogen) atoms. The monoisotopic (exact) mass is 416 g/mol. The molecule has 6 nitrogen and oxygen atoms in total. The Hall–Kier alpha value is -2.02.